The first-order valence-electron chi connectivity index (χ1n) is 10.7. The molecule has 0 aliphatic heterocycles. The molecular formula is C25H25F3N2O4S. The van der Waals surface area contributed by atoms with Crippen LogP contribution in [0.25, 0.3) is 0 Å². The molecule has 0 fully saturated rings. The lowest BCUT2D eigenvalue weighted by Gasteiger charge is -2.20. The number of sulfonamides is 1. The molecule has 1 amide bonds. The van der Waals surface area contributed by atoms with E-state index in [1.165, 1.54) is 31.3 Å². The zero-order chi connectivity index (χ0) is 25.8. The summed E-state index contributed by atoms with van der Waals surface area (Å²) in [7, 11) is -2.37. The summed E-state index contributed by atoms with van der Waals surface area (Å²) in [5.74, 6) is -0.136. The minimum absolute atomic E-state index is 0.0626. The fourth-order valence-corrected chi connectivity index (χ4v) is 4.45. The number of hydrogen-bond acceptors (Lipinski definition) is 4. The number of anilines is 1. The lowest BCUT2D eigenvalue weighted by molar-refractivity contribution is -0.137. The minimum Gasteiger partial charge on any atom is -0.494 e. The summed E-state index contributed by atoms with van der Waals surface area (Å²) in [6.07, 6.45) is -4.47. The number of carbonyl (C=O) groups excluding carboxylic acids is 1. The minimum atomic E-state index is -4.47. The van der Waals surface area contributed by atoms with E-state index in [1.54, 1.807) is 25.1 Å². The van der Waals surface area contributed by atoms with Crippen molar-refractivity contribution in [2.75, 3.05) is 19.0 Å². The third-order valence-electron chi connectivity index (χ3n) is 5.21. The summed E-state index contributed by atoms with van der Waals surface area (Å²) in [6.45, 7) is 3.91. The van der Waals surface area contributed by atoms with Crippen LogP contribution in [0.2, 0.25) is 0 Å². The highest BCUT2D eigenvalue weighted by atomic mass is 32.2. The van der Waals surface area contributed by atoms with Crippen molar-refractivity contribution >= 4 is 21.6 Å². The molecule has 0 aliphatic carbocycles. The smallest absolute Gasteiger partial charge is 0.416 e. The van der Waals surface area contributed by atoms with Crippen LogP contribution in [0.5, 0.6) is 5.75 Å². The number of benzene rings is 3. The van der Waals surface area contributed by atoms with E-state index < -0.39 is 27.7 Å². The highest BCUT2D eigenvalue weighted by molar-refractivity contribution is 7.89. The van der Waals surface area contributed by atoms with Crippen LogP contribution in [-0.4, -0.2) is 32.3 Å². The van der Waals surface area contributed by atoms with Gasteiger partial charge in [-0.1, -0.05) is 17.7 Å². The van der Waals surface area contributed by atoms with Gasteiger partial charge in [-0.3, -0.25) is 4.79 Å². The van der Waals surface area contributed by atoms with Gasteiger partial charge in [0.15, 0.2) is 0 Å². The van der Waals surface area contributed by atoms with Crippen molar-refractivity contribution in [3.05, 3.63) is 89.0 Å². The standard InChI is InChI=1S/C25H25F3N2O4S/c1-4-34-23-14-7-18(24(31)29-21-10-8-20(9-11-21)25(26,27)28)15-19(23)16-30(3)35(32,33)22-12-5-17(2)6-13-22/h5-15H,4,16H2,1-3H3,(H,29,31). The SMILES string of the molecule is CCOc1ccc(C(=O)Nc2ccc(C(F)(F)F)cc2)cc1CN(C)S(=O)(=O)c1ccc(C)cc1. The predicted molar refractivity (Wildman–Crippen MR) is 127 cm³/mol. The second kappa shape index (κ2) is 10.5. The molecule has 186 valence electrons. The number of alkyl halides is 3. The number of nitrogens with one attached hydrogen (secondary N) is 1. The Labute approximate surface area is 202 Å². The number of nitrogens with zero attached hydrogens (tertiary/aromatic N) is 1. The molecule has 6 nitrogen and oxygen atoms in total. The second-order valence-corrected chi connectivity index (χ2v) is 9.90. The van der Waals surface area contributed by atoms with E-state index in [9.17, 15) is 26.4 Å². The average molecular weight is 507 g/mol. The van der Waals surface area contributed by atoms with Gasteiger partial charge < -0.3 is 10.1 Å². The summed E-state index contributed by atoms with van der Waals surface area (Å²) < 4.78 is 71.1. The molecule has 1 N–H and O–H groups in total. The van der Waals surface area contributed by atoms with Crippen molar-refractivity contribution in [2.24, 2.45) is 0 Å². The van der Waals surface area contributed by atoms with Gasteiger partial charge in [0.05, 0.1) is 17.1 Å². The Balaban J connectivity index is 1.83. The summed E-state index contributed by atoms with van der Waals surface area (Å²) in [5.41, 5.74) is 0.959. The second-order valence-electron chi connectivity index (χ2n) is 7.86. The van der Waals surface area contributed by atoms with Crippen molar-refractivity contribution in [3.8, 4) is 5.75 Å². The first-order chi connectivity index (χ1) is 16.4. The molecule has 0 radical (unpaired) electrons. The summed E-state index contributed by atoms with van der Waals surface area (Å²) in [5, 5.41) is 2.55. The number of amides is 1. The van der Waals surface area contributed by atoms with Crippen LogP contribution in [0.1, 0.15) is 34.0 Å². The lowest BCUT2D eigenvalue weighted by atomic mass is 10.1. The molecule has 35 heavy (non-hydrogen) atoms. The van der Waals surface area contributed by atoms with Crippen LogP contribution < -0.4 is 10.1 Å². The molecule has 3 rings (SSSR count). The third kappa shape index (κ3) is 6.40. The Kier molecular flexibility index (Phi) is 7.86. The highest BCUT2D eigenvalue weighted by Gasteiger charge is 2.30. The van der Waals surface area contributed by atoms with Gasteiger partial charge in [-0.2, -0.15) is 17.5 Å². The zero-order valence-electron chi connectivity index (χ0n) is 19.4. The van der Waals surface area contributed by atoms with E-state index >= 15 is 0 Å². The van der Waals surface area contributed by atoms with Gasteiger partial charge in [0, 0.05) is 30.4 Å². The summed E-state index contributed by atoms with van der Waals surface area (Å²) >= 11 is 0. The fourth-order valence-electron chi connectivity index (χ4n) is 3.30. The Morgan fingerprint density at radius 3 is 2.20 bits per heavy atom. The van der Waals surface area contributed by atoms with Crippen LogP contribution in [0.15, 0.2) is 71.6 Å². The third-order valence-corrected chi connectivity index (χ3v) is 7.03. The van der Waals surface area contributed by atoms with Gasteiger partial charge in [0.1, 0.15) is 5.75 Å². The van der Waals surface area contributed by atoms with E-state index in [-0.39, 0.29) is 22.7 Å². The van der Waals surface area contributed by atoms with Crippen LogP contribution in [-0.2, 0) is 22.7 Å². The molecule has 0 unspecified atom stereocenters. The molecule has 0 atom stereocenters. The summed E-state index contributed by atoms with van der Waals surface area (Å²) in [4.78, 5) is 12.9. The van der Waals surface area contributed by atoms with Crippen molar-refractivity contribution in [1.82, 2.24) is 4.31 Å². The normalized spacial score (nSPS) is 12.0. The number of carbonyl (C=O) groups is 1. The molecule has 3 aromatic carbocycles. The highest BCUT2D eigenvalue weighted by Crippen LogP contribution is 2.30. The molecule has 0 aromatic heterocycles. The van der Waals surface area contributed by atoms with Gasteiger partial charge in [0.2, 0.25) is 10.0 Å². The Morgan fingerprint density at radius 2 is 1.63 bits per heavy atom. The molecule has 0 bridgehead atoms. The molecule has 10 heteroatoms. The maximum absolute atomic E-state index is 13.0. The Morgan fingerprint density at radius 1 is 1.00 bits per heavy atom. The largest absolute Gasteiger partial charge is 0.494 e. The van der Waals surface area contributed by atoms with Crippen LogP contribution in [0, 0.1) is 6.92 Å². The monoisotopic (exact) mass is 506 g/mol. The van der Waals surface area contributed by atoms with Crippen molar-refractivity contribution in [1.29, 1.82) is 0 Å². The van der Waals surface area contributed by atoms with Crippen LogP contribution >= 0.6 is 0 Å². The number of aryl methyl sites for hydroxylation is 1. The maximum Gasteiger partial charge on any atom is 0.416 e. The topological polar surface area (TPSA) is 75.7 Å². The summed E-state index contributed by atoms with van der Waals surface area (Å²) in [6, 6.07) is 15.1. The van der Waals surface area contributed by atoms with E-state index in [0.717, 1.165) is 34.1 Å². The molecule has 0 heterocycles. The molecule has 0 spiro atoms. The van der Waals surface area contributed by atoms with Crippen molar-refractivity contribution in [2.45, 2.75) is 31.5 Å². The number of rotatable bonds is 8. The quantitative estimate of drug-likeness (QED) is 0.439. The average Bonchev–Trinajstić information content (AvgIpc) is 2.80. The molecule has 3 aromatic rings. The molecule has 0 aliphatic rings. The first kappa shape index (κ1) is 26.2. The van der Waals surface area contributed by atoms with E-state index in [2.05, 4.69) is 5.32 Å². The lowest BCUT2D eigenvalue weighted by Crippen LogP contribution is -2.27. The molecule has 0 saturated carbocycles. The van der Waals surface area contributed by atoms with Gasteiger partial charge in [-0.05, 0) is 68.4 Å². The van der Waals surface area contributed by atoms with Gasteiger partial charge in [-0.25, -0.2) is 8.42 Å². The number of hydrogen-bond donors (Lipinski definition) is 1. The van der Waals surface area contributed by atoms with E-state index in [0.29, 0.717) is 17.9 Å². The van der Waals surface area contributed by atoms with Crippen molar-refractivity contribution in [3.63, 3.8) is 0 Å². The predicted octanol–water partition coefficient (Wildman–Crippen LogP) is 5.49. The maximum atomic E-state index is 13.0. The van der Waals surface area contributed by atoms with Crippen LogP contribution in [0.4, 0.5) is 18.9 Å². The van der Waals surface area contributed by atoms with Gasteiger partial charge in [0.25, 0.3) is 5.91 Å². The molecule has 0 saturated heterocycles. The van der Waals surface area contributed by atoms with Crippen LogP contribution in [0.3, 0.4) is 0 Å². The van der Waals surface area contributed by atoms with Gasteiger partial charge >= 0.3 is 6.18 Å². The Bertz CT molecular complexity index is 1290. The molecular weight excluding hydrogens is 481 g/mol. The Hall–Kier alpha value is -3.37. The first-order valence-corrected chi connectivity index (χ1v) is 12.1. The zero-order valence-corrected chi connectivity index (χ0v) is 20.2. The van der Waals surface area contributed by atoms with E-state index in [4.69, 9.17) is 4.74 Å². The van der Waals surface area contributed by atoms with Crippen molar-refractivity contribution < 1.29 is 31.1 Å². The number of halogens is 3. The number of ether oxygens (including phenoxy) is 1. The fraction of sp³-hybridized carbons (Fsp3) is 0.240. The van der Waals surface area contributed by atoms with E-state index in [1.807, 2.05) is 6.92 Å². The van der Waals surface area contributed by atoms with Gasteiger partial charge in [-0.15, -0.1) is 0 Å².